The van der Waals surface area contributed by atoms with Gasteiger partial charge in [-0.25, -0.2) is 19.9 Å². The Morgan fingerprint density at radius 2 is 1.66 bits per heavy atom. The summed E-state index contributed by atoms with van der Waals surface area (Å²) in [5, 5.41) is 3.21. The summed E-state index contributed by atoms with van der Waals surface area (Å²) in [5.41, 5.74) is 3.72. The van der Waals surface area contributed by atoms with Crippen LogP contribution in [0.4, 0.5) is 17.6 Å². The van der Waals surface area contributed by atoms with Gasteiger partial charge in [-0.15, -0.1) is 0 Å². The van der Waals surface area contributed by atoms with Crippen LogP contribution >= 0.6 is 0 Å². The first-order chi connectivity index (χ1) is 14.1. The molecular weight excluding hydrogens is 366 g/mol. The smallest absolute Gasteiger partial charge is 0.257 e. The van der Waals surface area contributed by atoms with Crippen LogP contribution in [0.3, 0.4) is 0 Å². The molecule has 3 aromatic rings. The SMILES string of the molecule is Cc1ccc(C)c(Nc2ncc(C(=O)N3CCN(c4ncccn4)CC3)cn2)c1. The van der Waals surface area contributed by atoms with E-state index in [0.29, 0.717) is 43.6 Å². The molecule has 1 aromatic carbocycles. The van der Waals surface area contributed by atoms with Gasteiger partial charge < -0.3 is 15.1 Å². The number of aryl methyl sites for hydroxylation is 2. The minimum Gasteiger partial charge on any atom is -0.337 e. The Labute approximate surface area is 169 Å². The van der Waals surface area contributed by atoms with Crippen molar-refractivity contribution >= 4 is 23.5 Å². The predicted molar refractivity (Wildman–Crippen MR) is 111 cm³/mol. The van der Waals surface area contributed by atoms with Gasteiger partial charge in [0.15, 0.2) is 0 Å². The Morgan fingerprint density at radius 1 is 0.966 bits per heavy atom. The molecule has 0 bridgehead atoms. The molecule has 0 atom stereocenters. The van der Waals surface area contributed by atoms with Gasteiger partial charge in [0.25, 0.3) is 5.91 Å². The van der Waals surface area contributed by atoms with Gasteiger partial charge in [0.1, 0.15) is 0 Å². The molecule has 1 aliphatic heterocycles. The third-order valence-electron chi connectivity index (χ3n) is 4.94. The highest BCUT2D eigenvalue weighted by atomic mass is 16.2. The Balaban J connectivity index is 1.38. The molecule has 1 aliphatic rings. The number of piperazine rings is 1. The average Bonchev–Trinajstić information content (AvgIpc) is 2.77. The number of carbonyl (C=O) groups is 1. The lowest BCUT2D eigenvalue weighted by molar-refractivity contribution is 0.0745. The molecule has 29 heavy (non-hydrogen) atoms. The van der Waals surface area contributed by atoms with Gasteiger partial charge in [-0.3, -0.25) is 4.79 Å². The predicted octanol–water partition coefficient (Wildman–Crippen LogP) is 2.59. The zero-order chi connectivity index (χ0) is 20.2. The molecule has 0 aliphatic carbocycles. The highest BCUT2D eigenvalue weighted by molar-refractivity contribution is 5.93. The van der Waals surface area contributed by atoms with Crippen molar-refractivity contribution in [2.75, 3.05) is 36.4 Å². The van der Waals surface area contributed by atoms with E-state index in [9.17, 15) is 4.79 Å². The lowest BCUT2D eigenvalue weighted by Crippen LogP contribution is -2.49. The van der Waals surface area contributed by atoms with Crippen molar-refractivity contribution in [2.24, 2.45) is 0 Å². The zero-order valence-electron chi connectivity index (χ0n) is 16.5. The van der Waals surface area contributed by atoms with Gasteiger partial charge >= 0.3 is 0 Å². The summed E-state index contributed by atoms with van der Waals surface area (Å²) in [4.78, 5) is 33.9. The van der Waals surface area contributed by atoms with Gasteiger partial charge in [0.05, 0.1) is 5.56 Å². The van der Waals surface area contributed by atoms with Crippen LogP contribution in [0.2, 0.25) is 0 Å². The molecule has 0 spiro atoms. The van der Waals surface area contributed by atoms with Crippen molar-refractivity contribution in [3.8, 4) is 0 Å². The van der Waals surface area contributed by atoms with Crippen molar-refractivity contribution in [2.45, 2.75) is 13.8 Å². The van der Waals surface area contributed by atoms with E-state index in [1.165, 1.54) is 0 Å². The Morgan fingerprint density at radius 3 is 2.34 bits per heavy atom. The molecule has 1 saturated heterocycles. The summed E-state index contributed by atoms with van der Waals surface area (Å²) in [6.07, 6.45) is 6.61. The first-order valence-electron chi connectivity index (χ1n) is 9.58. The summed E-state index contributed by atoms with van der Waals surface area (Å²) in [6, 6.07) is 7.96. The summed E-state index contributed by atoms with van der Waals surface area (Å²) < 4.78 is 0. The van der Waals surface area contributed by atoms with Crippen LogP contribution in [-0.4, -0.2) is 56.9 Å². The number of hydrogen-bond donors (Lipinski definition) is 1. The van der Waals surface area contributed by atoms with Crippen molar-refractivity contribution in [3.63, 3.8) is 0 Å². The number of anilines is 3. The maximum Gasteiger partial charge on any atom is 0.257 e. The molecule has 0 unspecified atom stereocenters. The zero-order valence-corrected chi connectivity index (χ0v) is 16.5. The van der Waals surface area contributed by atoms with Gasteiger partial charge in [0.2, 0.25) is 11.9 Å². The number of nitrogens with one attached hydrogen (secondary N) is 1. The van der Waals surface area contributed by atoms with E-state index in [0.717, 1.165) is 16.8 Å². The standard InChI is InChI=1S/C21H23N7O/c1-15-4-5-16(2)18(12-15)26-20-24-13-17(14-25-20)19(29)27-8-10-28(11-9-27)21-22-6-3-7-23-21/h3-7,12-14H,8-11H2,1-2H3,(H,24,25,26). The molecule has 0 saturated carbocycles. The summed E-state index contributed by atoms with van der Waals surface area (Å²) >= 11 is 0. The molecule has 3 heterocycles. The van der Waals surface area contributed by atoms with Gasteiger partial charge in [-0.05, 0) is 37.1 Å². The van der Waals surface area contributed by atoms with Crippen LogP contribution in [0, 0.1) is 13.8 Å². The second-order valence-corrected chi connectivity index (χ2v) is 7.07. The van der Waals surface area contributed by atoms with E-state index < -0.39 is 0 Å². The summed E-state index contributed by atoms with van der Waals surface area (Å²) in [6.45, 7) is 6.68. The number of rotatable bonds is 4. The molecule has 1 amide bonds. The number of amides is 1. The topological polar surface area (TPSA) is 87.1 Å². The van der Waals surface area contributed by atoms with Crippen molar-refractivity contribution < 1.29 is 4.79 Å². The van der Waals surface area contributed by atoms with E-state index in [-0.39, 0.29) is 5.91 Å². The lowest BCUT2D eigenvalue weighted by Gasteiger charge is -2.34. The second-order valence-electron chi connectivity index (χ2n) is 7.07. The minimum absolute atomic E-state index is 0.0584. The molecule has 4 rings (SSSR count). The molecule has 2 aromatic heterocycles. The van der Waals surface area contributed by atoms with Crippen LogP contribution in [-0.2, 0) is 0 Å². The molecule has 8 nitrogen and oxygen atoms in total. The number of aromatic nitrogens is 4. The third kappa shape index (κ3) is 4.31. The highest BCUT2D eigenvalue weighted by Crippen LogP contribution is 2.20. The molecule has 148 valence electrons. The summed E-state index contributed by atoms with van der Waals surface area (Å²) in [5.74, 6) is 1.11. The lowest BCUT2D eigenvalue weighted by atomic mass is 10.1. The molecule has 0 radical (unpaired) electrons. The fourth-order valence-corrected chi connectivity index (χ4v) is 3.24. The van der Waals surface area contributed by atoms with Gasteiger partial charge in [0, 0.05) is 56.7 Å². The van der Waals surface area contributed by atoms with Crippen molar-refractivity contribution in [1.29, 1.82) is 0 Å². The van der Waals surface area contributed by atoms with E-state index >= 15 is 0 Å². The van der Waals surface area contributed by atoms with E-state index in [1.54, 1.807) is 30.9 Å². The van der Waals surface area contributed by atoms with Crippen molar-refractivity contribution in [3.05, 3.63) is 65.7 Å². The van der Waals surface area contributed by atoms with Crippen LogP contribution in [0.1, 0.15) is 21.5 Å². The first kappa shape index (κ1) is 18.8. The average molecular weight is 389 g/mol. The molecule has 1 fully saturated rings. The van der Waals surface area contributed by atoms with Crippen LogP contribution in [0.5, 0.6) is 0 Å². The van der Waals surface area contributed by atoms with Crippen LogP contribution in [0.15, 0.2) is 49.1 Å². The molecular formula is C21H23N7O. The van der Waals surface area contributed by atoms with Crippen LogP contribution in [0.25, 0.3) is 0 Å². The maximum atomic E-state index is 12.8. The molecule has 8 heteroatoms. The number of nitrogens with zero attached hydrogens (tertiary/aromatic N) is 6. The van der Waals surface area contributed by atoms with E-state index in [4.69, 9.17) is 0 Å². The van der Waals surface area contributed by atoms with E-state index in [1.807, 2.05) is 24.8 Å². The molecule has 1 N–H and O–H groups in total. The van der Waals surface area contributed by atoms with Crippen LogP contribution < -0.4 is 10.2 Å². The van der Waals surface area contributed by atoms with E-state index in [2.05, 4.69) is 42.3 Å². The second kappa shape index (κ2) is 8.22. The number of benzene rings is 1. The third-order valence-corrected chi connectivity index (χ3v) is 4.94. The Kier molecular flexibility index (Phi) is 5.33. The quantitative estimate of drug-likeness (QED) is 0.734. The number of carbonyl (C=O) groups excluding carboxylic acids is 1. The Hall–Kier alpha value is -3.55. The first-order valence-corrected chi connectivity index (χ1v) is 9.58. The fourth-order valence-electron chi connectivity index (χ4n) is 3.24. The fraction of sp³-hybridized carbons (Fsp3) is 0.286. The maximum absolute atomic E-state index is 12.8. The minimum atomic E-state index is -0.0584. The highest BCUT2D eigenvalue weighted by Gasteiger charge is 2.23. The largest absolute Gasteiger partial charge is 0.337 e. The number of hydrogen-bond acceptors (Lipinski definition) is 7. The van der Waals surface area contributed by atoms with Crippen molar-refractivity contribution in [1.82, 2.24) is 24.8 Å². The normalized spacial score (nSPS) is 14.0. The monoisotopic (exact) mass is 389 g/mol. The van der Waals surface area contributed by atoms with Gasteiger partial charge in [-0.1, -0.05) is 12.1 Å². The van der Waals surface area contributed by atoms with Gasteiger partial charge in [-0.2, -0.15) is 0 Å². The Bertz CT molecular complexity index is 984. The summed E-state index contributed by atoms with van der Waals surface area (Å²) in [7, 11) is 0.